The lowest BCUT2D eigenvalue weighted by Crippen LogP contribution is -2.25. The number of carbonyl (C=O) groups is 1. The van der Waals surface area contributed by atoms with E-state index in [2.05, 4.69) is 0 Å². The van der Waals surface area contributed by atoms with Crippen molar-refractivity contribution in [2.24, 2.45) is 0 Å². The van der Waals surface area contributed by atoms with E-state index in [1.165, 1.54) is 4.90 Å². The smallest absolute Gasteiger partial charge is 0.290 e. The molecule has 0 saturated carbocycles. The number of para-hydroxylation sites is 1. The molecule has 0 radical (unpaired) electrons. The summed E-state index contributed by atoms with van der Waals surface area (Å²) in [4.78, 5) is 26.8. The van der Waals surface area contributed by atoms with Crippen LogP contribution >= 0.6 is 0 Å². The van der Waals surface area contributed by atoms with E-state index < -0.39 is 6.04 Å². The van der Waals surface area contributed by atoms with Gasteiger partial charge >= 0.3 is 0 Å². The number of amides is 1. The third-order valence-electron chi connectivity index (χ3n) is 4.19. The molecule has 0 saturated heterocycles. The number of hydrogen-bond acceptors (Lipinski definition) is 4. The fraction of sp³-hybridized carbons (Fsp3) is 0.111. The molecule has 23 heavy (non-hydrogen) atoms. The third-order valence-corrected chi connectivity index (χ3v) is 4.19. The van der Waals surface area contributed by atoms with Crippen molar-refractivity contribution in [1.82, 2.24) is 4.90 Å². The summed E-state index contributed by atoms with van der Waals surface area (Å²) >= 11 is 0. The first-order valence-electron chi connectivity index (χ1n) is 7.20. The molecule has 0 spiro atoms. The molecule has 1 aliphatic rings. The SMILES string of the molecule is CN1C(=O)c2oc3ccccc3c(=O)c2[C@H]1c1cccc(O)c1. The van der Waals surface area contributed by atoms with Gasteiger partial charge < -0.3 is 14.4 Å². The molecule has 2 aromatic carbocycles. The van der Waals surface area contributed by atoms with Crippen molar-refractivity contribution in [2.45, 2.75) is 6.04 Å². The van der Waals surface area contributed by atoms with Crippen LogP contribution in [0.5, 0.6) is 5.75 Å². The van der Waals surface area contributed by atoms with Crippen LogP contribution in [-0.4, -0.2) is 23.0 Å². The van der Waals surface area contributed by atoms with Gasteiger partial charge in [0.1, 0.15) is 11.3 Å². The van der Waals surface area contributed by atoms with Crippen LogP contribution in [0.25, 0.3) is 11.0 Å². The molecule has 5 heteroatoms. The van der Waals surface area contributed by atoms with Gasteiger partial charge in [0.15, 0.2) is 5.43 Å². The van der Waals surface area contributed by atoms with Crippen LogP contribution in [0.1, 0.15) is 27.7 Å². The molecule has 1 N–H and O–H groups in total. The topological polar surface area (TPSA) is 70.8 Å². The van der Waals surface area contributed by atoms with Crippen molar-refractivity contribution < 1.29 is 14.3 Å². The minimum Gasteiger partial charge on any atom is -0.508 e. The first-order chi connectivity index (χ1) is 11.1. The molecule has 1 aliphatic heterocycles. The zero-order chi connectivity index (χ0) is 16.1. The minimum atomic E-state index is -0.564. The van der Waals surface area contributed by atoms with Crippen LogP contribution in [0, 0.1) is 0 Å². The lowest BCUT2D eigenvalue weighted by Gasteiger charge is -2.20. The zero-order valence-corrected chi connectivity index (χ0v) is 12.3. The van der Waals surface area contributed by atoms with Gasteiger partial charge in [-0.25, -0.2) is 0 Å². The Kier molecular flexibility index (Phi) is 2.78. The van der Waals surface area contributed by atoms with Crippen LogP contribution in [0.4, 0.5) is 0 Å². The van der Waals surface area contributed by atoms with Crippen molar-refractivity contribution in [2.75, 3.05) is 7.05 Å². The second-order valence-corrected chi connectivity index (χ2v) is 5.58. The largest absolute Gasteiger partial charge is 0.508 e. The van der Waals surface area contributed by atoms with Crippen LogP contribution in [-0.2, 0) is 0 Å². The molecule has 0 fully saturated rings. The fourth-order valence-corrected chi connectivity index (χ4v) is 3.12. The van der Waals surface area contributed by atoms with Gasteiger partial charge in [0.05, 0.1) is 17.0 Å². The predicted octanol–water partition coefficient (Wildman–Crippen LogP) is 2.67. The first-order valence-corrected chi connectivity index (χ1v) is 7.20. The summed E-state index contributed by atoms with van der Waals surface area (Å²) in [6.45, 7) is 0. The zero-order valence-electron chi connectivity index (χ0n) is 12.3. The molecule has 0 aliphatic carbocycles. The van der Waals surface area contributed by atoms with Crippen LogP contribution in [0.15, 0.2) is 57.7 Å². The van der Waals surface area contributed by atoms with Crippen LogP contribution in [0.2, 0.25) is 0 Å². The van der Waals surface area contributed by atoms with Gasteiger partial charge in [-0.3, -0.25) is 9.59 Å². The lowest BCUT2D eigenvalue weighted by molar-refractivity contribution is 0.0771. The Balaban J connectivity index is 2.05. The standard InChI is InChI=1S/C18H13NO4/c1-19-15(10-5-4-6-11(20)9-10)14-16(21)12-7-2-3-8-13(12)23-17(14)18(19)22/h2-9,15,20H,1H3/t15-/m1/s1. The van der Waals surface area contributed by atoms with E-state index in [1.54, 1.807) is 55.6 Å². The van der Waals surface area contributed by atoms with E-state index in [0.29, 0.717) is 22.1 Å². The van der Waals surface area contributed by atoms with E-state index >= 15 is 0 Å². The van der Waals surface area contributed by atoms with Gasteiger partial charge in [-0.2, -0.15) is 0 Å². The average Bonchev–Trinajstić information content (AvgIpc) is 2.80. The molecular weight excluding hydrogens is 294 g/mol. The summed E-state index contributed by atoms with van der Waals surface area (Å²) in [6, 6.07) is 12.9. The van der Waals surface area contributed by atoms with Crippen molar-refractivity contribution in [3.63, 3.8) is 0 Å². The summed E-state index contributed by atoms with van der Waals surface area (Å²) in [7, 11) is 1.62. The van der Waals surface area contributed by atoms with E-state index in [9.17, 15) is 14.7 Å². The van der Waals surface area contributed by atoms with Crippen molar-refractivity contribution >= 4 is 16.9 Å². The molecular formula is C18H13NO4. The summed E-state index contributed by atoms with van der Waals surface area (Å²) in [5, 5.41) is 10.2. The maximum atomic E-state index is 12.9. The van der Waals surface area contributed by atoms with E-state index in [1.807, 2.05) is 0 Å². The lowest BCUT2D eigenvalue weighted by atomic mass is 9.98. The number of nitrogens with zero attached hydrogens (tertiary/aromatic N) is 1. The number of benzene rings is 2. The van der Waals surface area contributed by atoms with E-state index in [4.69, 9.17) is 4.42 Å². The van der Waals surface area contributed by atoms with Gasteiger partial charge in [0.25, 0.3) is 5.91 Å². The van der Waals surface area contributed by atoms with Crippen molar-refractivity contribution in [3.05, 3.63) is 75.6 Å². The molecule has 0 unspecified atom stereocenters. The third kappa shape index (κ3) is 1.86. The number of phenolic OH excluding ortho intramolecular Hbond substituents is 1. The molecule has 0 bridgehead atoms. The average molecular weight is 307 g/mol. The highest BCUT2D eigenvalue weighted by Crippen LogP contribution is 2.37. The van der Waals surface area contributed by atoms with E-state index in [-0.39, 0.29) is 22.8 Å². The highest BCUT2D eigenvalue weighted by Gasteiger charge is 2.40. The van der Waals surface area contributed by atoms with Crippen LogP contribution < -0.4 is 5.43 Å². The molecule has 1 atom stereocenters. The van der Waals surface area contributed by atoms with Crippen LogP contribution in [0.3, 0.4) is 0 Å². The summed E-state index contributed by atoms with van der Waals surface area (Å²) < 4.78 is 5.70. The summed E-state index contributed by atoms with van der Waals surface area (Å²) in [5.41, 5.74) is 1.17. The molecule has 1 amide bonds. The molecule has 5 nitrogen and oxygen atoms in total. The maximum absolute atomic E-state index is 12.9. The molecule has 4 rings (SSSR count). The quantitative estimate of drug-likeness (QED) is 0.750. The predicted molar refractivity (Wildman–Crippen MR) is 84.5 cm³/mol. The number of rotatable bonds is 1. The summed E-state index contributed by atoms with van der Waals surface area (Å²) in [6.07, 6.45) is 0. The Bertz CT molecular complexity index is 1010. The second-order valence-electron chi connectivity index (χ2n) is 5.58. The number of fused-ring (bicyclic) bond motifs is 2. The Morgan fingerprint density at radius 3 is 2.65 bits per heavy atom. The van der Waals surface area contributed by atoms with Gasteiger partial charge in [0, 0.05) is 7.05 Å². The van der Waals surface area contributed by atoms with Gasteiger partial charge in [-0.15, -0.1) is 0 Å². The molecule has 114 valence electrons. The van der Waals surface area contributed by atoms with Crippen molar-refractivity contribution in [1.29, 1.82) is 0 Å². The first kappa shape index (κ1) is 13.6. The van der Waals surface area contributed by atoms with Gasteiger partial charge in [0.2, 0.25) is 5.76 Å². The molecule has 1 aromatic heterocycles. The normalized spacial score (nSPS) is 16.8. The molecule has 2 heterocycles. The Labute approximate surface area is 131 Å². The highest BCUT2D eigenvalue weighted by molar-refractivity contribution is 5.98. The highest BCUT2D eigenvalue weighted by atomic mass is 16.3. The van der Waals surface area contributed by atoms with E-state index in [0.717, 1.165) is 0 Å². The Hall–Kier alpha value is -3.08. The number of hydrogen-bond donors (Lipinski definition) is 1. The second kappa shape index (κ2) is 4.71. The number of aromatic hydroxyl groups is 1. The molecule has 3 aromatic rings. The Morgan fingerprint density at radius 2 is 1.87 bits per heavy atom. The Morgan fingerprint density at radius 1 is 1.09 bits per heavy atom. The monoisotopic (exact) mass is 307 g/mol. The maximum Gasteiger partial charge on any atom is 0.290 e. The number of phenols is 1. The number of carbonyl (C=O) groups excluding carboxylic acids is 1. The van der Waals surface area contributed by atoms with Gasteiger partial charge in [-0.1, -0.05) is 24.3 Å². The van der Waals surface area contributed by atoms with Gasteiger partial charge in [-0.05, 0) is 29.8 Å². The minimum absolute atomic E-state index is 0.0737. The summed E-state index contributed by atoms with van der Waals surface area (Å²) in [5.74, 6) is -0.178. The fourth-order valence-electron chi connectivity index (χ4n) is 3.12. The van der Waals surface area contributed by atoms with Crippen molar-refractivity contribution in [3.8, 4) is 5.75 Å².